The highest BCUT2D eigenvalue weighted by molar-refractivity contribution is 7.99. The molecule has 0 aliphatic heterocycles. The van der Waals surface area contributed by atoms with Crippen LogP contribution in [-0.2, 0) is 18.6 Å². The van der Waals surface area contributed by atoms with Gasteiger partial charge in [0, 0.05) is 0 Å². The third-order valence-corrected chi connectivity index (χ3v) is 10.2. The van der Waals surface area contributed by atoms with Crippen LogP contribution in [-0.4, -0.2) is 52.5 Å². The lowest BCUT2D eigenvalue weighted by Gasteiger charge is -2.35. The Morgan fingerprint density at radius 2 is 1.51 bits per heavy atom. The van der Waals surface area contributed by atoms with Gasteiger partial charge in [0.15, 0.2) is 6.10 Å². The highest BCUT2D eigenvalue weighted by Crippen LogP contribution is 2.44. The Hall–Kier alpha value is -0.0700. The predicted molar refractivity (Wildman–Crippen MR) is 157 cm³/mol. The predicted octanol–water partition coefficient (Wildman–Crippen LogP) is 8.70. The summed E-state index contributed by atoms with van der Waals surface area (Å²) in [5.41, 5.74) is 0. The molecule has 1 aliphatic carbocycles. The fourth-order valence-electron chi connectivity index (χ4n) is 5.48. The molecule has 1 fully saturated rings. The maximum atomic E-state index is 12.3. The highest BCUT2D eigenvalue weighted by Gasteiger charge is 2.35. The molecule has 2 N–H and O–H groups in total. The molecule has 0 spiro atoms. The maximum Gasteiger partial charge on any atom is 0.333 e. The topological polar surface area (TPSA) is 93.1 Å². The first-order valence-electron chi connectivity index (χ1n) is 15.2. The molecule has 0 heterocycles. The Balaban J connectivity index is 2.43. The van der Waals surface area contributed by atoms with Crippen LogP contribution in [0.4, 0.5) is 0 Å². The van der Waals surface area contributed by atoms with Gasteiger partial charge in [-0.25, -0.2) is 4.79 Å². The zero-order valence-electron chi connectivity index (χ0n) is 24.0. The Morgan fingerprint density at radius 3 is 2.11 bits per heavy atom. The summed E-state index contributed by atoms with van der Waals surface area (Å²) in [5, 5.41) is 9.69. The van der Waals surface area contributed by atoms with Crippen molar-refractivity contribution in [3.63, 3.8) is 0 Å². The quantitative estimate of drug-likeness (QED) is 0.0894. The molecule has 0 radical (unpaired) electrons. The van der Waals surface area contributed by atoms with Crippen molar-refractivity contribution in [1.29, 1.82) is 0 Å². The van der Waals surface area contributed by atoms with E-state index < -0.39 is 25.8 Å². The van der Waals surface area contributed by atoms with Gasteiger partial charge in [-0.15, -0.1) is 0 Å². The molecule has 1 saturated carbocycles. The van der Waals surface area contributed by atoms with Gasteiger partial charge in [0.1, 0.15) is 0 Å². The van der Waals surface area contributed by atoms with Gasteiger partial charge in [-0.3, -0.25) is 4.57 Å². The zero-order valence-corrected chi connectivity index (χ0v) is 25.8. The number of ether oxygens (including phenoxy) is 1. The van der Waals surface area contributed by atoms with E-state index in [4.69, 9.17) is 9.26 Å². The number of hydrogen-bond acceptors (Lipinski definition) is 5. The highest BCUT2D eigenvalue weighted by atomic mass is 32.2. The van der Waals surface area contributed by atoms with Crippen molar-refractivity contribution in [3.8, 4) is 0 Å². The molecule has 220 valence electrons. The molecule has 6 nitrogen and oxygen atoms in total. The number of unbranched alkanes of at least 4 members (excludes halogenated alkanes) is 8. The minimum absolute atomic E-state index is 0.137. The summed E-state index contributed by atoms with van der Waals surface area (Å²) >= 11 is 2.11. The number of carboxylic acids is 1. The second-order valence-corrected chi connectivity index (χ2v) is 14.1. The minimum atomic E-state index is -4.00. The van der Waals surface area contributed by atoms with E-state index in [0.717, 1.165) is 12.8 Å². The first kappa shape index (κ1) is 35.0. The molecule has 37 heavy (non-hydrogen) atoms. The van der Waals surface area contributed by atoms with Crippen molar-refractivity contribution >= 4 is 25.3 Å². The first-order chi connectivity index (χ1) is 17.8. The lowest BCUT2D eigenvalue weighted by Crippen LogP contribution is -2.37. The molecular weight excluding hydrogens is 507 g/mol. The average Bonchev–Trinajstić information content (AvgIpc) is 2.87. The molecule has 1 rings (SSSR count). The van der Waals surface area contributed by atoms with Crippen LogP contribution in [0.1, 0.15) is 130 Å². The number of carboxylic acid groups (broad SMARTS) is 1. The monoisotopic (exact) mass is 564 g/mol. The largest absolute Gasteiger partial charge is 0.479 e. The number of thioether (sulfide) groups is 1. The molecular formula is C29H57O6PS. The zero-order chi connectivity index (χ0) is 27.4. The van der Waals surface area contributed by atoms with Crippen molar-refractivity contribution < 1.29 is 28.6 Å². The molecule has 4 unspecified atom stereocenters. The van der Waals surface area contributed by atoms with Gasteiger partial charge in [0.2, 0.25) is 0 Å². The number of rotatable bonds is 24. The van der Waals surface area contributed by atoms with Crippen molar-refractivity contribution in [2.75, 3.05) is 24.3 Å². The third-order valence-electron chi connectivity index (χ3n) is 7.62. The van der Waals surface area contributed by atoms with E-state index in [1.165, 1.54) is 101 Å². The van der Waals surface area contributed by atoms with E-state index in [-0.39, 0.29) is 12.7 Å². The van der Waals surface area contributed by atoms with Crippen LogP contribution in [0.2, 0.25) is 0 Å². The number of hydrogen-bond donors (Lipinski definition) is 2. The van der Waals surface area contributed by atoms with E-state index in [0.29, 0.717) is 18.3 Å². The van der Waals surface area contributed by atoms with Gasteiger partial charge in [-0.2, -0.15) is 11.8 Å². The second-order valence-electron chi connectivity index (χ2n) is 11.0. The van der Waals surface area contributed by atoms with E-state index in [1.807, 2.05) is 13.8 Å². The molecule has 1 aliphatic rings. The van der Waals surface area contributed by atoms with Crippen LogP contribution in [0.15, 0.2) is 0 Å². The van der Waals surface area contributed by atoms with E-state index in [2.05, 4.69) is 18.7 Å². The van der Waals surface area contributed by atoms with Gasteiger partial charge in [0.25, 0.3) is 0 Å². The van der Waals surface area contributed by atoms with E-state index >= 15 is 0 Å². The average molecular weight is 565 g/mol. The van der Waals surface area contributed by atoms with Crippen LogP contribution in [0.25, 0.3) is 0 Å². The molecule has 8 heteroatoms. The minimum Gasteiger partial charge on any atom is -0.479 e. The second kappa shape index (κ2) is 21.7. The van der Waals surface area contributed by atoms with E-state index in [9.17, 15) is 19.4 Å². The van der Waals surface area contributed by atoms with Gasteiger partial charge >= 0.3 is 13.6 Å². The Kier molecular flexibility index (Phi) is 20.5. The smallest absolute Gasteiger partial charge is 0.333 e. The fraction of sp³-hybridized carbons (Fsp3) is 0.966. The third kappa shape index (κ3) is 17.3. The lowest BCUT2D eigenvalue weighted by molar-refractivity contribution is -0.155. The molecule has 0 aromatic rings. The SMILES string of the molecule is CCCCCCCSCCCCCCCC(C1CCCCC1)C(C)OC(CP(=O)(O)OCCC)C(=O)O. The molecule has 4 atom stereocenters. The van der Waals surface area contributed by atoms with Gasteiger partial charge in [-0.1, -0.05) is 97.3 Å². The molecule has 0 saturated heterocycles. The summed E-state index contributed by atoms with van der Waals surface area (Å²) in [6, 6.07) is 0. The summed E-state index contributed by atoms with van der Waals surface area (Å²) in [6.45, 7) is 6.20. The summed E-state index contributed by atoms with van der Waals surface area (Å²) in [4.78, 5) is 21.9. The Bertz CT molecular complexity index is 613. The Morgan fingerprint density at radius 1 is 0.919 bits per heavy atom. The van der Waals surface area contributed by atoms with Crippen molar-refractivity contribution in [3.05, 3.63) is 0 Å². The van der Waals surface area contributed by atoms with E-state index in [1.54, 1.807) is 0 Å². The summed E-state index contributed by atoms with van der Waals surface area (Å²) in [6.07, 6.45) is 18.6. The first-order valence-corrected chi connectivity index (χ1v) is 18.1. The van der Waals surface area contributed by atoms with Crippen molar-refractivity contribution in [2.45, 2.75) is 142 Å². The maximum absolute atomic E-state index is 12.3. The molecule has 0 aromatic heterocycles. The summed E-state index contributed by atoms with van der Waals surface area (Å²) in [7, 11) is -4.00. The summed E-state index contributed by atoms with van der Waals surface area (Å²) < 4.78 is 23.4. The van der Waals surface area contributed by atoms with Crippen LogP contribution in [0.3, 0.4) is 0 Å². The van der Waals surface area contributed by atoms with Crippen LogP contribution < -0.4 is 0 Å². The van der Waals surface area contributed by atoms with Gasteiger partial charge < -0.3 is 19.3 Å². The van der Waals surface area contributed by atoms with Gasteiger partial charge in [-0.05, 0) is 55.9 Å². The Labute approximate surface area is 232 Å². The van der Waals surface area contributed by atoms with Crippen LogP contribution in [0.5, 0.6) is 0 Å². The van der Waals surface area contributed by atoms with Crippen molar-refractivity contribution in [2.24, 2.45) is 11.8 Å². The normalized spacial score (nSPS) is 18.8. The molecule has 0 amide bonds. The molecule has 0 bridgehead atoms. The fourth-order valence-corrected chi connectivity index (χ4v) is 7.73. The number of carbonyl (C=O) groups is 1. The summed E-state index contributed by atoms with van der Waals surface area (Å²) in [5.74, 6) is 2.22. The number of aliphatic carboxylic acids is 1. The standard InChI is InChI=1S/C29H57O6PS/c1-4-6-7-10-16-22-37-23-17-11-8-9-15-20-27(26-18-13-12-14-19-26)25(3)35-28(29(30)31)24-36(32,33)34-21-5-2/h25-28H,4-24H2,1-3H3,(H,30,31)(H,32,33). The molecule has 0 aromatic carbocycles. The van der Waals surface area contributed by atoms with Gasteiger partial charge in [0.05, 0.1) is 18.9 Å². The van der Waals surface area contributed by atoms with Crippen LogP contribution in [0, 0.1) is 11.8 Å². The van der Waals surface area contributed by atoms with Crippen LogP contribution >= 0.6 is 19.4 Å². The van der Waals surface area contributed by atoms with Crippen molar-refractivity contribution in [1.82, 2.24) is 0 Å². The lowest BCUT2D eigenvalue weighted by atomic mass is 9.75.